The third-order valence-electron chi connectivity index (χ3n) is 2.92. The van der Waals surface area contributed by atoms with Crippen molar-refractivity contribution in [2.24, 2.45) is 0 Å². The van der Waals surface area contributed by atoms with Crippen molar-refractivity contribution in [1.29, 1.82) is 0 Å². The minimum atomic E-state index is -1.30. The Bertz CT molecular complexity index is 643. The number of nitrogens with one attached hydrogen (secondary N) is 1. The van der Waals surface area contributed by atoms with Gasteiger partial charge in [0, 0.05) is 22.3 Å². The second-order valence-corrected chi connectivity index (χ2v) is 4.69. The summed E-state index contributed by atoms with van der Waals surface area (Å²) in [5.74, 6) is -1.35. The zero-order valence-electron chi connectivity index (χ0n) is 11.1. The summed E-state index contributed by atoms with van der Waals surface area (Å²) < 4.78 is 19.0. The normalized spacial score (nSPS) is 11.8. The third-order valence-corrected chi connectivity index (χ3v) is 3.25. The van der Waals surface area contributed by atoms with Crippen molar-refractivity contribution < 1.29 is 19.0 Å². The van der Waals surface area contributed by atoms with E-state index < -0.39 is 17.8 Å². The summed E-state index contributed by atoms with van der Waals surface area (Å²) in [5.41, 5.74) is 0.385. The van der Waals surface area contributed by atoms with E-state index in [0.29, 0.717) is 11.4 Å². The highest BCUT2D eigenvalue weighted by Crippen LogP contribution is 2.29. The Kier molecular flexibility index (Phi) is 4.65. The topological polar surface area (TPSA) is 58.6 Å². The van der Waals surface area contributed by atoms with Gasteiger partial charge >= 0.3 is 5.97 Å². The monoisotopic (exact) mass is 309 g/mol. The molecule has 6 heteroatoms. The maximum Gasteiger partial charge on any atom is 0.330 e. The van der Waals surface area contributed by atoms with Crippen LogP contribution in [0, 0.1) is 5.82 Å². The largest absolute Gasteiger partial charge is 0.497 e. The fourth-order valence-corrected chi connectivity index (χ4v) is 2.20. The molecule has 2 N–H and O–H groups in total. The molecule has 21 heavy (non-hydrogen) atoms. The van der Waals surface area contributed by atoms with Gasteiger partial charge in [0.2, 0.25) is 0 Å². The molecule has 2 aromatic rings. The standard InChI is InChI=1S/C15H13ClFNO3/c1-21-10-5-2-4-9(8-10)18-14(15(19)20)13-11(16)6-3-7-12(13)17/h2-8,14,18H,1H3,(H,19,20). The number of aliphatic carboxylic acids is 1. The lowest BCUT2D eigenvalue weighted by Gasteiger charge is -2.18. The Labute approximate surface area is 126 Å². The number of methoxy groups -OCH3 is 1. The number of hydrogen-bond donors (Lipinski definition) is 2. The van der Waals surface area contributed by atoms with Gasteiger partial charge in [-0.2, -0.15) is 0 Å². The number of rotatable bonds is 5. The fraction of sp³-hybridized carbons (Fsp3) is 0.133. The van der Waals surface area contributed by atoms with Crippen molar-refractivity contribution >= 4 is 23.3 Å². The van der Waals surface area contributed by atoms with Gasteiger partial charge in [-0.25, -0.2) is 9.18 Å². The molecule has 0 heterocycles. The highest BCUT2D eigenvalue weighted by Gasteiger charge is 2.25. The molecule has 1 atom stereocenters. The van der Waals surface area contributed by atoms with Crippen LogP contribution in [0.1, 0.15) is 11.6 Å². The molecule has 0 aliphatic carbocycles. The highest BCUT2D eigenvalue weighted by molar-refractivity contribution is 6.31. The van der Waals surface area contributed by atoms with E-state index in [1.807, 2.05) is 0 Å². The molecule has 1 unspecified atom stereocenters. The quantitative estimate of drug-likeness (QED) is 0.883. The van der Waals surface area contributed by atoms with Crippen LogP contribution in [-0.4, -0.2) is 18.2 Å². The molecule has 4 nitrogen and oxygen atoms in total. The summed E-state index contributed by atoms with van der Waals surface area (Å²) in [5, 5.41) is 12.1. The van der Waals surface area contributed by atoms with Crippen LogP contribution < -0.4 is 10.1 Å². The molecule has 0 aliphatic heterocycles. The number of benzene rings is 2. The molecule has 2 aromatic carbocycles. The number of ether oxygens (including phenoxy) is 1. The van der Waals surface area contributed by atoms with Crippen LogP contribution in [0.4, 0.5) is 10.1 Å². The molecule has 110 valence electrons. The second-order valence-electron chi connectivity index (χ2n) is 4.28. The molecule has 0 aromatic heterocycles. The van der Waals surface area contributed by atoms with E-state index in [9.17, 15) is 14.3 Å². The number of hydrogen-bond acceptors (Lipinski definition) is 3. The summed E-state index contributed by atoms with van der Waals surface area (Å²) in [6.45, 7) is 0. The van der Waals surface area contributed by atoms with Crippen molar-refractivity contribution in [2.45, 2.75) is 6.04 Å². The summed E-state index contributed by atoms with van der Waals surface area (Å²) in [6, 6.07) is 9.43. The fourth-order valence-electron chi connectivity index (χ4n) is 1.92. The first-order valence-corrected chi connectivity index (χ1v) is 6.48. The van der Waals surface area contributed by atoms with Crippen LogP contribution in [0.25, 0.3) is 0 Å². The lowest BCUT2D eigenvalue weighted by atomic mass is 10.1. The Morgan fingerprint density at radius 1 is 1.33 bits per heavy atom. The van der Waals surface area contributed by atoms with E-state index >= 15 is 0 Å². The van der Waals surface area contributed by atoms with E-state index in [0.717, 1.165) is 0 Å². The van der Waals surface area contributed by atoms with Crippen LogP contribution in [-0.2, 0) is 4.79 Å². The second kappa shape index (κ2) is 6.45. The first-order valence-electron chi connectivity index (χ1n) is 6.10. The molecule has 0 amide bonds. The predicted molar refractivity (Wildman–Crippen MR) is 78.4 cm³/mol. The maximum atomic E-state index is 13.9. The summed E-state index contributed by atoms with van der Waals surface area (Å²) >= 11 is 5.93. The molecule has 0 fully saturated rings. The number of anilines is 1. The van der Waals surface area contributed by atoms with Gasteiger partial charge in [0.25, 0.3) is 0 Å². The molecular weight excluding hydrogens is 297 g/mol. The van der Waals surface area contributed by atoms with Gasteiger partial charge < -0.3 is 15.2 Å². The predicted octanol–water partition coefficient (Wildman–Crippen LogP) is 3.73. The minimum Gasteiger partial charge on any atom is -0.497 e. The number of carboxylic acid groups (broad SMARTS) is 1. The number of carbonyl (C=O) groups is 1. The van der Waals surface area contributed by atoms with Crippen molar-refractivity contribution in [3.05, 3.63) is 58.9 Å². The van der Waals surface area contributed by atoms with Crippen LogP contribution in [0.3, 0.4) is 0 Å². The average Bonchev–Trinajstić information content (AvgIpc) is 2.46. The van der Waals surface area contributed by atoms with Gasteiger partial charge in [-0.1, -0.05) is 23.7 Å². The van der Waals surface area contributed by atoms with Gasteiger partial charge in [0.05, 0.1) is 7.11 Å². The van der Waals surface area contributed by atoms with Crippen LogP contribution in [0.2, 0.25) is 5.02 Å². The lowest BCUT2D eigenvalue weighted by molar-refractivity contribution is -0.138. The van der Waals surface area contributed by atoms with Crippen molar-refractivity contribution in [3.8, 4) is 5.75 Å². The van der Waals surface area contributed by atoms with Gasteiger partial charge in [0.1, 0.15) is 11.6 Å². The molecule has 0 bridgehead atoms. The lowest BCUT2D eigenvalue weighted by Crippen LogP contribution is -2.22. The summed E-state index contributed by atoms with van der Waals surface area (Å²) in [6.07, 6.45) is 0. The molecular formula is C15H13ClFNO3. The van der Waals surface area contributed by atoms with Crippen LogP contribution in [0.5, 0.6) is 5.75 Å². The maximum absolute atomic E-state index is 13.9. The molecule has 0 saturated heterocycles. The zero-order valence-corrected chi connectivity index (χ0v) is 11.9. The van der Waals surface area contributed by atoms with E-state index in [1.54, 1.807) is 24.3 Å². The molecule has 0 aliphatic rings. The molecule has 2 rings (SSSR count). The van der Waals surface area contributed by atoms with E-state index in [4.69, 9.17) is 16.3 Å². The van der Waals surface area contributed by atoms with Crippen molar-refractivity contribution in [2.75, 3.05) is 12.4 Å². The van der Waals surface area contributed by atoms with Crippen molar-refractivity contribution in [1.82, 2.24) is 0 Å². The van der Waals surface area contributed by atoms with E-state index in [1.165, 1.54) is 25.3 Å². The van der Waals surface area contributed by atoms with Crippen molar-refractivity contribution in [3.63, 3.8) is 0 Å². The van der Waals surface area contributed by atoms with Crippen LogP contribution >= 0.6 is 11.6 Å². The zero-order chi connectivity index (χ0) is 15.4. The third kappa shape index (κ3) is 3.44. The Morgan fingerprint density at radius 3 is 2.67 bits per heavy atom. The van der Waals surface area contributed by atoms with E-state index in [-0.39, 0.29) is 10.6 Å². The first kappa shape index (κ1) is 15.1. The molecule has 0 spiro atoms. The Hall–Kier alpha value is -2.27. The average molecular weight is 310 g/mol. The SMILES string of the molecule is COc1cccc(NC(C(=O)O)c2c(F)cccc2Cl)c1. The summed E-state index contributed by atoms with van der Waals surface area (Å²) in [4.78, 5) is 11.4. The minimum absolute atomic E-state index is 0.0535. The molecule has 0 radical (unpaired) electrons. The first-order chi connectivity index (χ1) is 10.0. The van der Waals surface area contributed by atoms with Gasteiger partial charge in [-0.05, 0) is 24.3 Å². The number of halogens is 2. The number of carboxylic acids is 1. The summed E-state index contributed by atoms with van der Waals surface area (Å²) in [7, 11) is 1.50. The van der Waals surface area contributed by atoms with Gasteiger partial charge in [-0.15, -0.1) is 0 Å². The Balaban J connectivity index is 2.38. The van der Waals surface area contributed by atoms with Gasteiger partial charge in [-0.3, -0.25) is 0 Å². The highest BCUT2D eigenvalue weighted by atomic mass is 35.5. The van der Waals surface area contributed by atoms with Crippen LogP contribution in [0.15, 0.2) is 42.5 Å². The smallest absolute Gasteiger partial charge is 0.330 e. The van der Waals surface area contributed by atoms with E-state index in [2.05, 4.69) is 5.32 Å². The molecule has 0 saturated carbocycles. The van der Waals surface area contributed by atoms with Gasteiger partial charge in [0.15, 0.2) is 6.04 Å². The Morgan fingerprint density at radius 2 is 2.05 bits per heavy atom.